The zero-order valence-corrected chi connectivity index (χ0v) is 15.9. The Kier molecular flexibility index (Phi) is 6.24. The number of furan rings is 1. The van der Waals surface area contributed by atoms with E-state index in [2.05, 4.69) is 5.32 Å². The Balaban J connectivity index is 1.58. The molecule has 3 amide bonds. The summed E-state index contributed by atoms with van der Waals surface area (Å²) in [7, 11) is 0. The van der Waals surface area contributed by atoms with Crippen molar-refractivity contribution < 1.29 is 18.7 Å². The van der Waals surface area contributed by atoms with Gasteiger partial charge in [-0.05, 0) is 36.8 Å². The highest BCUT2D eigenvalue weighted by Gasteiger charge is 2.26. The number of anilines is 1. The number of amides is 3. The Hall–Kier alpha value is -2.67. The normalized spacial score (nSPS) is 14.1. The number of carbonyl (C=O) groups is 2. The van der Waals surface area contributed by atoms with Gasteiger partial charge in [0.15, 0.2) is 5.76 Å². The third-order valence-electron chi connectivity index (χ3n) is 4.23. The van der Waals surface area contributed by atoms with Crippen molar-refractivity contribution in [3.63, 3.8) is 0 Å². The molecule has 0 bridgehead atoms. The van der Waals surface area contributed by atoms with Crippen LogP contribution in [-0.4, -0.2) is 54.5 Å². The number of ether oxygens (including phenoxy) is 1. The molecule has 1 fully saturated rings. The topological polar surface area (TPSA) is 75.0 Å². The van der Waals surface area contributed by atoms with Crippen LogP contribution in [0.4, 0.5) is 10.5 Å². The number of hydrogen-bond donors (Lipinski definition) is 1. The zero-order chi connectivity index (χ0) is 19.2. The number of halogens is 1. The summed E-state index contributed by atoms with van der Waals surface area (Å²) >= 11 is 6.05. The van der Waals surface area contributed by atoms with Crippen molar-refractivity contribution in [1.82, 2.24) is 9.80 Å². The predicted molar refractivity (Wildman–Crippen MR) is 102 cm³/mol. The lowest BCUT2D eigenvalue weighted by Crippen LogP contribution is -2.51. The number of carbonyl (C=O) groups excluding carboxylic acids is 2. The maximum absolute atomic E-state index is 12.6. The molecule has 2 aromatic rings. The molecule has 8 heteroatoms. The van der Waals surface area contributed by atoms with E-state index < -0.39 is 0 Å². The van der Waals surface area contributed by atoms with Crippen LogP contribution in [0.1, 0.15) is 23.9 Å². The van der Waals surface area contributed by atoms with Crippen LogP contribution in [0.2, 0.25) is 5.02 Å². The maximum atomic E-state index is 12.6. The van der Waals surface area contributed by atoms with Crippen molar-refractivity contribution in [2.45, 2.75) is 13.3 Å². The Morgan fingerprint density at radius 2 is 1.93 bits per heavy atom. The van der Waals surface area contributed by atoms with Crippen molar-refractivity contribution in [3.05, 3.63) is 47.4 Å². The fourth-order valence-electron chi connectivity index (χ4n) is 2.80. The summed E-state index contributed by atoms with van der Waals surface area (Å²) in [5, 5.41) is 3.37. The van der Waals surface area contributed by atoms with Crippen LogP contribution in [0.15, 0.2) is 41.0 Å². The minimum Gasteiger partial charge on any atom is -0.491 e. The van der Waals surface area contributed by atoms with Gasteiger partial charge in [-0.2, -0.15) is 0 Å². The zero-order valence-electron chi connectivity index (χ0n) is 15.1. The van der Waals surface area contributed by atoms with E-state index in [4.69, 9.17) is 20.8 Å². The van der Waals surface area contributed by atoms with E-state index in [-0.39, 0.29) is 11.9 Å². The molecule has 144 valence electrons. The first-order valence-electron chi connectivity index (χ1n) is 8.89. The van der Waals surface area contributed by atoms with E-state index in [1.54, 1.807) is 40.1 Å². The van der Waals surface area contributed by atoms with Crippen molar-refractivity contribution in [2.75, 3.05) is 38.1 Å². The molecular formula is C19H22ClN3O4. The van der Waals surface area contributed by atoms with Crippen LogP contribution in [0.5, 0.6) is 5.75 Å². The van der Waals surface area contributed by atoms with E-state index in [1.165, 1.54) is 6.26 Å². The number of benzene rings is 1. The molecule has 0 unspecified atom stereocenters. The van der Waals surface area contributed by atoms with Crippen LogP contribution in [0.25, 0.3) is 0 Å². The SMILES string of the molecule is CCCOc1ccc(Cl)cc1NC(=O)N1CCN(C(=O)c2ccco2)CC1. The number of piperazine rings is 1. The molecule has 0 aliphatic carbocycles. The fourth-order valence-corrected chi connectivity index (χ4v) is 2.97. The quantitative estimate of drug-likeness (QED) is 0.843. The van der Waals surface area contributed by atoms with Crippen LogP contribution in [-0.2, 0) is 0 Å². The first-order chi connectivity index (χ1) is 13.1. The minimum atomic E-state index is -0.247. The third-order valence-corrected chi connectivity index (χ3v) is 4.47. The van der Waals surface area contributed by atoms with E-state index in [9.17, 15) is 9.59 Å². The van der Waals surface area contributed by atoms with Gasteiger partial charge in [0, 0.05) is 31.2 Å². The summed E-state index contributed by atoms with van der Waals surface area (Å²) in [4.78, 5) is 28.2. The summed E-state index contributed by atoms with van der Waals surface area (Å²) in [6.45, 7) is 4.33. The van der Waals surface area contributed by atoms with Gasteiger partial charge in [-0.3, -0.25) is 4.79 Å². The molecule has 1 aromatic heterocycles. The molecule has 2 heterocycles. The van der Waals surface area contributed by atoms with Gasteiger partial charge in [-0.15, -0.1) is 0 Å². The van der Waals surface area contributed by atoms with Crippen LogP contribution < -0.4 is 10.1 Å². The van der Waals surface area contributed by atoms with Crippen LogP contribution in [0.3, 0.4) is 0 Å². The highest BCUT2D eigenvalue weighted by molar-refractivity contribution is 6.31. The van der Waals surface area contributed by atoms with Gasteiger partial charge in [-0.25, -0.2) is 4.79 Å². The molecule has 27 heavy (non-hydrogen) atoms. The van der Waals surface area contributed by atoms with Gasteiger partial charge in [0.25, 0.3) is 5.91 Å². The molecule has 1 aliphatic heterocycles. The van der Waals surface area contributed by atoms with Gasteiger partial charge >= 0.3 is 6.03 Å². The van der Waals surface area contributed by atoms with Crippen molar-refractivity contribution >= 4 is 29.2 Å². The fraction of sp³-hybridized carbons (Fsp3) is 0.368. The number of hydrogen-bond acceptors (Lipinski definition) is 4. The Labute approximate surface area is 162 Å². The Morgan fingerprint density at radius 1 is 1.19 bits per heavy atom. The van der Waals surface area contributed by atoms with Crippen LogP contribution in [0, 0.1) is 0 Å². The van der Waals surface area contributed by atoms with Gasteiger partial charge < -0.3 is 24.3 Å². The molecule has 1 N–H and O–H groups in total. The second kappa shape index (κ2) is 8.81. The summed E-state index contributed by atoms with van der Waals surface area (Å²) < 4.78 is 10.8. The van der Waals surface area contributed by atoms with E-state index in [0.29, 0.717) is 55.0 Å². The lowest BCUT2D eigenvalue weighted by atomic mass is 10.2. The molecule has 0 radical (unpaired) electrons. The molecule has 1 aromatic carbocycles. The third kappa shape index (κ3) is 4.74. The summed E-state index contributed by atoms with van der Waals surface area (Å²) in [6.07, 6.45) is 2.34. The molecule has 1 aliphatic rings. The second-order valence-electron chi connectivity index (χ2n) is 6.18. The number of nitrogens with zero attached hydrogens (tertiary/aromatic N) is 2. The molecule has 0 atom stereocenters. The Morgan fingerprint density at radius 3 is 2.59 bits per heavy atom. The van der Waals surface area contributed by atoms with Crippen molar-refractivity contribution in [1.29, 1.82) is 0 Å². The summed E-state index contributed by atoms with van der Waals surface area (Å²) in [5.41, 5.74) is 0.537. The lowest BCUT2D eigenvalue weighted by molar-refractivity contribution is 0.0640. The van der Waals surface area contributed by atoms with E-state index >= 15 is 0 Å². The molecular weight excluding hydrogens is 370 g/mol. The average molecular weight is 392 g/mol. The number of urea groups is 1. The first-order valence-corrected chi connectivity index (χ1v) is 9.27. The highest BCUT2D eigenvalue weighted by Crippen LogP contribution is 2.28. The number of nitrogens with one attached hydrogen (secondary N) is 1. The van der Waals surface area contributed by atoms with Crippen LogP contribution >= 0.6 is 11.6 Å². The first kappa shape index (κ1) is 19.1. The lowest BCUT2D eigenvalue weighted by Gasteiger charge is -2.34. The molecule has 0 saturated carbocycles. The molecule has 0 spiro atoms. The van der Waals surface area contributed by atoms with E-state index in [0.717, 1.165) is 6.42 Å². The van der Waals surface area contributed by atoms with Gasteiger partial charge in [-0.1, -0.05) is 18.5 Å². The van der Waals surface area contributed by atoms with Crippen molar-refractivity contribution in [2.24, 2.45) is 0 Å². The molecule has 1 saturated heterocycles. The standard InChI is InChI=1S/C19H22ClN3O4/c1-2-11-26-16-6-5-14(20)13-15(16)21-19(25)23-9-7-22(8-10-23)18(24)17-4-3-12-27-17/h3-6,12-13H,2,7-11H2,1H3,(H,21,25). The minimum absolute atomic E-state index is 0.162. The molecule has 7 nitrogen and oxygen atoms in total. The number of rotatable bonds is 5. The monoisotopic (exact) mass is 391 g/mol. The summed E-state index contributed by atoms with van der Waals surface area (Å²) in [5.74, 6) is 0.732. The molecule has 3 rings (SSSR count). The van der Waals surface area contributed by atoms with Gasteiger partial charge in [0.1, 0.15) is 5.75 Å². The van der Waals surface area contributed by atoms with Crippen molar-refractivity contribution in [3.8, 4) is 5.75 Å². The highest BCUT2D eigenvalue weighted by atomic mass is 35.5. The Bertz CT molecular complexity index is 786. The largest absolute Gasteiger partial charge is 0.491 e. The second-order valence-corrected chi connectivity index (χ2v) is 6.61. The van der Waals surface area contributed by atoms with Gasteiger partial charge in [0.2, 0.25) is 0 Å². The smallest absolute Gasteiger partial charge is 0.322 e. The average Bonchev–Trinajstić information content (AvgIpc) is 3.22. The summed E-state index contributed by atoms with van der Waals surface area (Å²) in [6, 6.07) is 8.21. The van der Waals surface area contributed by atoms with Gasteiger partial charge in [0.05, 0.1) is 18.6 Å². The maximum Gasteiger partial charge on any atom is 0.322 e. The van der Waals surface area contributed by atoms with E-state index in [1.807, 2.05) is 6.92 Å². The predicted octanol–water partition coefficient (Wildman–Crippen LogP) is 3.71.